The number of pyridine rings is 1. The van der Waals surface area contributed by atoms with Gasteiger partial charge in [-0.1, -0.05) is 11.8 Å². The minimum atomic E-state index is -0.0523. The second-order valence-electron chi connectivity index (χ2n) is 4.09. The molecule has 20 heavy (non-hydrogen) atoms. The Hall–Kier alpha value is -1.18. The number of thiophene rings is 1. The van der Waals surface area contributed by atoms with Crippen LogP contribution >= 0.6 is 39.0 Å². The second kappa shape index (κ2) is 5.67. The fourth-order valence-corrected chi connectivity index (χ4v) is 3.69. The fraction of sp³-hybridized carbons (Fsp3) is 0.154. The quantitative estimate of drug-likeness (QED) is 0.525. The van der Waals surface area contributed by atoms with Crippen LogP contribution in [0.25, 0.3) is 11.0 Å². The Morgan fingerprint density at radius 3 is 2.95 bits per heavy atom. The summed E-state index contributed by atoms with van der Waals surface area (Å²) in [6.45, 7) is 0.513. The molecule has 0 saturated heterocycles. The summed E-state index contributed by atoms with van der Waals surface area (Å²) in [5, 5.41) is 3.54. The molecule has 0 amide bonds. The second-order valence-corrected chi connectivity index (χ2v) is 6.71. The van der Waals surface area contributed by atoms with Crippen LogP contribution in [0.2, 0.25) is 0 Å². The van der Waals surface area contributed by atoms with Crippen molar-refractivity contribution in [2.75, 3.05) is 6.26 Å². The molecule has 0 aliphatic rings. The van der Waals surface area contributed by atoms with E-state index in [-0.39, 0.29) is 5.56 Å². The van der Waals surface area contributed by atoms with Crippen molar-refractivity contribution in [2.24, 2.45) is 0 Å². The Bertz CT molecular complexity index is 828. The molecule has 0 spiro atoms. The molecule has 0 unspecified atom stereocenters. The molecule has 0 aromatic carbocycles. The highest BCUT2D eigenvalue weighted by Gasteiger charge is 2.09. The first-order valence-electron chi connectivity index (χ1n) is 5.81. The van der Waals surface area contributed by atoms with Gasteiger partial charge in [0.25, 0.3) is 5.56 Å². The van der Waals surface area contributed by atoms with E-state index in [4.69, 9.17) is 0 Å². The zero-order chi connectivity index (χ0) is 14.1. The van der Waals surface area contributed by atoms with Crippen LogP contribution in [-0.4, -0.2) is 20.8 Å². The Labute approximate surface area is 132 Å². The van der Waals surface area contributed by atoms with E-state index in [9.17, 15) is 4.79 Å². The lowest BCUT2D eigenvalue weighted by atomic mass is 10.3. The van der Waals surface area contributed by atoms with Crippen molar-refractivity contribution in [1.82, 2.24) is 14.5 Å². The number of rotatable bonds is 3. The molecule has 4 nitrogen and oxygen atoms in total. The van der Waals surface area contributed by atoms with Gasteiger partial charge in [-0.15, -0.1) is 11.3 Å². The number of hydrogen-bond donors (Lipinski definition) is 0. The minimum absolute atomic E-state index is 0.0523. The van der Waals surface area contributed by atoms with E-state index in [1.807, 2.05) is 17.7 Å². The molecule has 7 heteroatoms. The first-order chi connectivity index (χ1) is 9.69. The highest BCUT2D eigenvalue weighted by molar-refractivity contribution is 9.10. The zero-order valence-corrected chi connectivity index (χ0v) is 13.8. The van der Waals surface area contributed by atoms with Crippen LogP contribution in [0.3, 0.4) is 0 Å². The Morgan fingerprint density at radius 1 is 1.40 bits per heavy atom. The standard InChI is InChI=1S/C13H10BrN3OS2/c1-19-13-15-6-8-2-3-11(18)17(12(8)16-13)7-10-9(14)4-5-20-10/h2-6H,7H2,1H3. The molecule has 0 radical (unpaired) electrons. The van der Waals surface area contributed by atoms with E-state index in [2.05, 4.69) is 25.9 Å². The lowest BCUT2D eigenvalue weighted by Gasteiger charge is -2.09. The Balaban J connectivity index is 2.19. The van der Waals surface area contributed by atoms with Crippen molar-refractivity contribution in [1.29, 1.82) is 0 Å². The number of fused-ring (bicyclic) bond motifs is 1. The van der Waals surface area contributed by atoms with Crippen molar-refractivity contribution in [3.05, 3.63) is 49.5 Å². The van der Waals surface area contributed by atoms with Crippen molar-refractivity contribution in [3.63, 3.8) is 0 Å². The van der Waals surface area contributed by atoms with E-state index in [0.717, 1.165) is 14.7 Å². The average Bonchev–Trinajstić information content (AvgIpc) is 2.87. The van der Waals surface area contributed by atoms with Crippen LogP contribution in [0, 0.1) is 0 Å². The number of aromatic nitrogens is 3. The van der Waals surface area contributed by atoms with Gasteiger partial charge >= 0.3 is 0 Å². The summed E-state index contributed by atoms with van der Waals surface area (Å²) < 4.78 is 2.71. The van der Waals surface area contributed by atoms with Gasteiger partial charge in [0.15, 0.2) is 5.16 Å². The molecule has 0 aliphatic carbocycles. The van der Waals surface area contributed by atoms with Gasteiger partial charge in [-0.25, -0.2) is 9.97 Å². The van der Waals surface area contributed by atoms with Gasteiger partial charge in [-0.05, 0) is 39.7 Å². The number of nitrogens with zero attached hydrogens (tertiary/aromatic N) is 3. The van der Waals surface area contributed by atoms with Crippen LogP contribution in [-0.2, 0) is 6.54 Å². The van der Waals surface area contributed by atoms with Crippen LogP contribution < -0.4 is 5.56 Å². The normalized spacial score (nSPS) is 11.1. The maximum atomic E-state index is 12.2. The molecule has 3 rings (SSSR count). The summed E-state index contributed by atoms with van der Waals surface area (Å²) in [5.74, 6) is 0. The van der Waals surface area contributed by atoms with E-state index in [1.54, 1.807) is 34.2 Å². The van der Waals surface area contributed by atoms with Crippen LogP contribution in [0.1, 0.15) is 4.88 Å². The molecule has 0 N–H and O–H groups in total. The van der Waals surface area contributed by atoms with Crippen LogP contribution in [0.5, 0.6) is 0 Å². The van der Waals surface area contributed by atoms with Gasteiger partial charge in [-0.3, -0.25) is 9.36 Å². The minimum Gasteiger partial charge on any atom is -0.287 e. The fourth-order valence-electron chi connectivity index (χ4n) is 1.89. The van der Waals surface area contributed by atoms with Crippen LogP contribution in [0.4, 0.5) is 0 Å². The molecule has 0 atom stereocenters. The number of halogens is 1. The lowest BCUT2D eigenvalue weighted by molar-refractivity contribution is 0.780. The van der Waals surface area contributed by atoms with Gasteiger partial charge in [-0.2, -0.15) is 0 Å². The van der Waals surface area contributed by atoms with Crippen molar-refractivity contribution in [2.45, 2.75) is 11.7 Å². The highest BCUT2D eigenvalue weighted by Crippen LogP contribution is 2.24. The van der Waals surface area contributed by atoms with E-state index in [0.29, 0.717) is 17.3 Å². The number of thioether (sulfide) groups is 1. The molecule has 0 fully saturated rings. The third-order valence-corrected chi connectivity index (χ3v) is 5.35. The summed E-state index contributed by atoms with van der Waals surface area (Å²) in [4.78, 5) is 22.0. The molecule has 3 aromatic heterocycles. The third kappa shape index (κ3) is 2.53. The Kier molecular flexibility index (Phi) is 3.91. The monoisotopic (exact) mass is 367 g/mol. The predicted octanol–water partition coefficient (Wildman–Crippen LogP) is 3.39. The molecule has 0 bridgehead atoms. The van der Waals surface area contributed by atoms with Gasteiger partial charge in [0.1, 0.15) is 5.65 Å². The zero-order valence-electron chi connectivity index (χ0n) is 10.5. The molecule has 3 heterocycles. The summed E-state index contributed by atoms with van der Waals surface area (Å²) in [5.41, 5.74) is 0.626. The van der Waals surface area contributed by atoms with Gasteiger partial charge in [0.2, 0.25) is 0 Å². The van der Waals surface area contributed by atoms with Crippen molar-refractivity contribution in [3.8, 4) is 0 Å². The van der Waals surface area contributed by atoms with Crippen molar-refractivity contribution < 1.29 is 0 Å². The summed E-state index contributed by atoms with van der Waals surface area (Å²) in [7, 11) is 0. The third-order valence-electron chi connectivity index (χ3n) is 2.88. The molecule has 3 aromatic rings. The first-order valence-corrected chi connectivity index (χ1v) is 8.71. The summed E-state index contributed by atoms with van der Waals surface area (Å²) >= 11 is 6.58. The molecular formula is C13H10BrN3OS2. The van der Waals surface area contributed by atoms with Gasteiger partial charge < -0.3 is 0 Å². The average molecular weight is 368 g/mol. The van der Waals surface area contributed by atoms with E-state index in [1.165, 1.54) is 11.8 Å². The maximum Gasteiger partial charge on any atom is 0.252 e. The first kappa shape index (κ1) is 13.8. The molecule has 0 aliphatic heterocycles. The molecule has 0 saturated carbocycles. The smallest absolute Gasteiger partial charge is 0.252 e. The van der Waals surface area contributed by atoms with E-state index >= 15 is 0 Å². The van der Waals surface area contributed by atoms with E-state index < -0.39 is 0 Å². The summed E-state index contributed by atoms with van der Waals surface area (Å²) in [6, 6.07) is 5.31. The maximum absolute atomic E-state index is 12.2. The molecule has 102 valence electrons. The predicted molar refractivity (Wildman–Crippen MR) is 86.7 cm³/mol. The molecular weight excluding hydrogens is 358 g/mol. The SMILES string of the molecule is CSc1ncc2ccc(=O)n(Cc3sccc3Br)c2n1. The Morgan fingerprint density at radius 2 is 2.25 bits per heavy atom. The lowest BCUT2D eigenvalue weighted by Crippen LogP contribution is -2.20. The largest absolute Gasteiger partial charge is 0.287 e. The van der Waals surface area contributed by atoms with Crippen LogP contribution in [0.15, 0.2) is 44.2 Å². The van der Waals surface area contributed by atoms with Crippen molar-refractivity contribution >= 4 is 50.1 Å². The topological polar surface area (TPSA) is 47.8 Å². The van der Waals surface area contributed by atoms with Gasteiger partial charge in [0.05, 0.1) is 6.54 Å². The highest BCUT2D eigenvalue weighted by atomic mass is 79.9. The number of hydrogen-bond acceptors (Lipinski definition) is 5. The van der Waals surface area contributed by atoms with Gasteiger partial charge in [0, 0.05) is 27.0 Å². The summed E-state index contributed by atoms with van der Waals surface area (Å²) in [6.07, 6.45) is 3.68.